The van der Waals surface area contributed by atoms with E-state index in [1.165, 1.54) is 11.3 Å². The minimum absolute atomic E-state index is 0.0807. The van der Waals surface area contributed by atoms with Crippen molar-refractivity contribution in [1.29, 1.82) is 0 Å². The van der Waals surface area contributed by atoms with Crippen LogP contribution in [0.15, 0.2) is 42.5 Å². The van der Waals surface area contributed by atoms with Gasteiger partial charge in [0.25, 0.3) is 5.91 Å². The van der Waals surface area contributed by atoms with Crippen LogP contribution in [0.2, 0.25) is 0 Å². The number of fused-ring (bicyclic) bond motifs is 1. The molecule has 3 aromatic rings. The fourth-order valence-corrected chi connectivity index (χ4v) is 3.77. The van der Waals surface area contributed by atoms with E-state index in [1.54, 1.807) is 6.92 Å². The molecule has 134 valence electrons. The minimum atomic E-state index is -0.921. The van der Waals surface area contributed by atoms with Gasteiger partial charge in [0, 0.05) is 6.54 Å². The van der Waals surface area contributed by atoms with Gasteiger partial charge in [0.15, 0.2) is 0 Å². The van der Waals surface area contributed by atoms with Crippen LogP contribution in [0.1, 0.15) is 25.9 Å². The van der Waals surface area contributed by atoms with Crippen molar-refractivity contribution in [3.05, 3.63) is 63.6 Å². The van der Waals surface area contributed by atoms with Crippen molar-refractivity contribution in [2.75, 3.05) is 6.54 Å². The minimum Gasteiger partial charge on any atom is -0.481 e. The number of thiazole rings is 1. The molecule has 26 heavy (non-hydrogen) atoms. The number of carboxylic acids is 1. The summed E-state index contributed by atoms with van der Waals surface area (Å²) in [6, 6.07) is 13.9. The molecule has 1 atom stereocenters. The Bertz CT molecular complexity index is 965. The number of hydrogen-bond acceptors (Lipinski definition) is 4. The molecule has 0 aliphatic heterocycles. The number of rotatable bonds is 6. The van der Waals surface area contributed by atoms with Gasteiger partial charge in [-0.3, -0.25) is 9.59 Å². The molecule has 0 spiro atoms. The quantitative estimate of drug-likeness (QED) is 0.697. The predicted molar refractivity (Wildman–Crippen MR) is 103 cm³/mol. The average molecular weight is 368 g/mol. The van der Waals surface area contributed by atoms with E-state index in [0.29, 0.717) is 17.0 Å². The summed E-state index contributed by atoms with van der Waals surface area (Å²) in [5, 5.41) is 15.3. The van der Waals surface area contributed by atoms with Gasteiger partial charge in [0.05, 0.1) is 16.6 Å². The van der Waals surface area contributed by atoms with Crippen LogP contribution in [0.25, 0.3) is 10.8 Å². The maximum absolute atomic E-state index is 12.3. The Morgan fingerprint density at radius 2 is 1.88 bits per heavy atom. The third kappa shape index (κ3) is 4.08. The maximum atomic E-state index is 12.3. The number of carbonyl (C=O) groups is 2. The number of aromatic nitrogens is 1. The Morgan fingerprint density at radius 1 is 1.15 bits per heavy atom. The van der Waals surface area contributed by atoms with Crippen molar-refractivity contribution in [3.63, 3.8) is 0 Å². The summed E-state index contributed by atoms with van der Waals surface area (Å²) in [6.45, 7) is 3.70. The van der Waals surface area contributed by atoms with Gasteiger partial charge in [-0.1, -0.05) is 42.5 Å². The highest BCUT2D eigenvalue weighted by molar-refractivity contribution is 7.13. The second-order valence-corrected chi connectivity index (χ2v) is 7.48. The molecule has 2 N–H and O–H groups in total. The van der Waals surface area contributed by atoms with Crippen molar-refractivity contribution in [1.82, 2.24) is 10.3 Å². The predicted octanol–water partition coefficient (Wildman–Crippen LogP) is 3.59. The van der Waals surface area contributed by atoms with E-state index < -0.39 is 11.9 Å². The number of hydrogen-bond donors (Lipinski definition) is 2. The van der Waals surface area contributed by atoms with Crippen LogP contribution < -0.4 is 5.32 Å². The number of carbonyl (C=O) groups excluding carboxylic acids is 1. The normalized spacial score (nSPS) is 12.1. The van der Waals surface area contributed by atoms with E-state index in [2.05, 4.69) is 10.3 Å². The maximum Gasteiger partial charge on any atom is 0.308 e. The molecule has 0 saturated carbocycles. The van der Waals surface area contributed by atoms with Gasteiger partial charge < -0.3 is 10.4 Å². The van der Waals surface area contributed by atoms with E-state index in [9.17, 15) is 14.7 Å². The van der Waals surface area contributed by atoms with Crippen LogP contribution in [0.3, 0.4) is 0 Å². The summed E-state index contributed by atoms with van der Waals surface area (Å²) in [6.07, 6.45) is 0.362. The van der Waals surface area contributed by atoms with E-state index in [0.717, 1.165) is 21.3 Å². The fraction of sp³-hybridized carbons (Fsp3) is 0.250. The summed E-state index contributed by atoms with van der Waals surface area (Å²) in [7, 11) is 0. The highest BCUT2D eigenvalue weighted by atomic mass is 32.1. The second kappa shape index (κ2) is 7.66. The van der Waals surface area contributed by atoms with Crippen LogP contribution in [-0.4, -0.2) is 28.5 Å². The largest absolute Gasteiger partial charge is 0.481 e. The fourth-order valence-electron chi connectivity index (χ4n) is 2.94. The van der Waals surface area contributed by atoms with Crippen molar-refractivity contribution < 1.29 is 14.7 Å². The van der Waals surface area contributed by atoms with Gasteiger partial charge >= 0.3 is 5.97 Å². The van der Waals surface area contributed by atoms with Crippen LogP contribution in [-0.2, 0) is 11.2 Å². The van der Waals surface area contributed by atoms with Crippen LogP contribution in [0.4, 0.5) is 0 Å². The van der Waals surface area contributed by atoms with Crippen LogP contribution in [0, 0.1) is 19.8 Å². The standard InChI is InChI=1S/C20H20N2O3S/c1-12-18(26-13(2)22-12)19(23)21-11-17(20(24)25)10-14-7-8-15-5-3-4-6-16(15)9-14/h3-9,17H,10-11H2,1-2H3,(H,21,23)(H,24,25). The first kappa shape index (κ1) is 18.1. The summed E-state index contributed by atoms with van der Waals surface area (Å²) >= 11 is 1.32. The topological polar surface area (TPSA) is 79.3 Å². The lowest BCUT2D eigenvalue weighted by Crippen LogP contribution is -2.34. The molecule has 6 heteroatoms. The average Bonchev–Trinajstić information content (AvgIpc) is 2.96. The number of carboxylic acid groups (broad SMARTS) is 1. The lowest BCUT2D eigenvalue weighted by atomic mass is 9.97. The first-order valence-corrected chi connectivity index (χ1v) is 9.18. The van der Waals surface area contributed by atoms with Crippen molar-refractivity contribution >= 4 is 34.0 Å². The molecule has 0 saturated heterocycles. The van der Waals surface area contributed by atoms with Crippen LogP contribution in [0.5, 0.6) is 0 Å². The van der Waals surface area contributed by atoms with Crippen LogP contribution >= 0.6 is 11.3 Å². The molecular weight excluding hydrogens is 348 g/mol. The van der Waals surface area contributed by atoms with Gasteiger partial charge in [-0.15, -0.1) is 11.3 Å². The van der Waals surface area contributed by atoms with Gasteiger partial charge in [0.1, 0.15) is 4.88 Å². The van der Waals surface area contributed by atoms with E-state index in [1.807, 2.05) is 49.4 Å². The molecule has 2 aromatic carbocycles. The molecule has 0 fully saturated rings. The molecule has 3 rings (SSSR count). The number of nitrogens with zero attached hydrogens (tertiary/aromatic N) is 1. The van der Waals surface area contributed by atoms with Gasteiger partial charge in [-0.2, -0.15) is 0 Å². The summed E-state index contributed by atoms with van der Waals surface area (Å²) in [5.74, 6) is -1.87. The molecule has 0 bridgehead atoms. The SMILES string of the molecule is Cc1nc(C)c(C(=O)NCC(Cc2ccc3ccccc3c2)C(=O)O)s1. The van der Waals surface area contributed by atoms with Gasteiger partial charge in [-0.25, -0.2) is 4.98 Å². The van der Waals surface area contributed by atoms with E-state index >= 15 is 0 Å². The number of aryl methyl sites for hydroxylation is 2. The Hall–Kier alpha value is -2.73. The molecule has 0 radical (unpaired) electrons. The zero-order chi connectivity index (χ0) is 18.7. The molecular formula is C20H20N2O3S. The molecule has 1 unspecified atom stereocenters. The van der Waals surface area contributed by atoms with Gasteiger partial charge in [0.2, 0.25) is 0 Å². The first-order chi connectivity index (χ1) is 12.4. The van der Waals surface area contributed by atoms with Crippen molar-refractivity contribution in [2.24, 2.45) is 5.92 Å². The second-order valence-electron chi connectivity index (χ2n) is 6.28. The molecule has 1 amide bonds. The smallest absolute Gasteiger partial charge is 0.308 e. The summed E-state index contributed by atoms with van der Waals surface area (Å²) in [4.78, 5) is 28.7. The monoisotopic (exact) mass is 368 g/mol. The van der Waals surface area contributed by atoms with Crippen molar-refractivity contribution in [3.8, 4) is 0 Å². The summed E-state index contributed by atoms with van der Waals surface area (Å²) < 4.78 is 0. The number of benzene rings is 2. The highest BCUT2D eigenvalue weighted by Crippen LogP contribution is 2.19. The molecule has 5 nitrogen and oxygen atoms in total. The first-order valence-electron chi connectivity index (χ1n) is 8.36. The Balaban J connectivity index is 1.69. The third-order valence-electron chi connectivity index (χ3n) is 4.26. The highest BCUT2D eigenvalue weighted by Gasteiger charge is 2.21. The van der Waals surface area contributed by atoms with Gasteiger partial charge in [-0.05, 0) is 36.6 Å². The number of amides is 1. The zero-order valence-corrected chi connectivity index (χ0v) is 15.5. The van der Waals surface area contributed by atoms with E-state index in [-0.39, 0.29) is 12.5 Å². The summed E-state index contributed by atoms with van der Waals surface area (Å²) in [5.41, 5.74) is 1.61. The Labute approximate surface area is 155 Å². The zero-order valence-electron chi connectivity index (χ0n) is 14.7. The lowest BCUT2D eigenvalue weighted by molar-refractivity contribution is -0.141. The Kier molecular flexibility index (Phi) is 5.32. The van der Waals surface area contributed by atoms with Crippen molar-refractivity contribution in [2.45, 2.75) is 20.3 Å². The molecule has 1 aromatic heterocycles. The molecule has 0 aliphatic carbocycles. The molecule has 1 heterocycles. The van der Waals surface area contributed by atoms with E-state index in [4.69, 9.17) is 0 Å². The lowest BCUT2D eigenvalue weighted by Gasteiger charge is -2.14. The Morgan fingerprint density at radius 3 is 2.54 bits per heavy atom. The third-order valence-corrected chi connectivity index (χ3v) is 5.34. The number of aliphatic carboxylic acids is 1. The molecule has 0 aliphatic rings. The number of nitrogens with one attached hydrogen (secondary N) is 1.